The van der Waals surface area contributed by atoms with E-state index in [0.717, 1.165) is 51.8 Å². The summed E-state index contributed by atoms with van der Waals surface area (Å²) in [6.07, 6.45) is 3.10. The summed E-state index contributed by atoms with van der Waals surface area (Å²) in [5, 5.41) is 8.86. The van der Waals surface area contributed by atoms with Crippen LogP contribution in [0.3, 0.4) is 0 Å². The highest BCUT2D eigenvalue weighted by Crippen LogP contribution is 2.12. The van der Waals surface area contributed by atoms with E-state index in [-0.39, 0.29) is 11.5 Å². The molecule has 1 aliphatic heterocycles. The van der Waals surface area contributed by atoms with Gasteiger partial charge in [-0.25, -0.2) is 9.59 Å². The van der Waals surface area contributed by atoms with E-state index in [2.05, 4.69) is 4.90 Å². The van der Waals surface area contributed by atoms with Crippen LogP contribution in [0.25, 0.3) is 0 Å². The molecule has 0 spiro atoms. The van der Waals surface area contributed by atoms with Crippen LogP contribution in [0.4, 0.5) is 0 Å². The second kappa shape index (κ2) is 10.3. The van der Waals surface area contributed by atoms with E-state index in [1.54, 1.807) is 0 Å². The van der Waals surface area contributed by atoms with Crippen LogP contribution in [0, 0.1) is 5.92 Å². The number of hydrogen-bond donors (Lipinski definition) is 1. The van der Waals surface area contributed by atoms with Gasteiger partial charge in [-0.2, -0.15) is 0 Å². The monoisotopic (exact) mass is 313 g/mol. The molecule has 0 amide bonds. The van der Waals surface area contributed by atoms with Gasteiger partial charge < -0.3 is 14.6 Å². The number of carbonyl (C=O) groups is 2. The van der Waals surface area contributed by atoms with E-state index in [1.165, 1.54) is 0 Å². The Morgan fingerprint density at radius 3 is 2.55 bits per heavy atom. The lowest BCUT2D eigenvalue weighted by Crippen LogP contribution is -2.36. The number of carbonyl (C=O) groups excluding carboxylic acids is 1. The lowest BCUT2D eigenvalue weighted by Gasteiger charge is -2.26. The third-order valence-electron chi connectivity index (χ3n) is 3.38. The van der Waals surface area contributed by atoms with Gasteiger partial charge in [0.2, 0.25) is 0 Å². The zero-order valence-corrected chi connectivity index (χ0v) is 13.5. The van der Waals surface area contributed by atoms with Crippen molar-refractivity contribution < 1.29 is 24.2 Å². The minimum absolute atomic E-state index is 0.233. The van der Waals surface area contributed by atoms with Crippen molar-refractivity contribution in [3.8, 4) is 0 Å². The summed E-state index contributed by atoms with van der Waals surface area (Å²) >= 11 is 0. The van der Waals surface area contributed by atoms with Crippen molar-refractivity contribution in [3.05, 3.63) is 11.6 Å². The topological polar surface area (TPSA) is 76.1 Å². The van der Waals surface area contributed by atoms with E-state index < -0.39 is 11.9 Å². The van der Waals surface area contributed by atoms with E-state index >= 15 is 0 Å². The van der Waals surface area contributed by atoms with Crippen LogP contribution in [-0.4, -0.2) is 61.4 Å². The van der Waals surface area contributed by atoms with Gasteiger partial charge in [-0.3, -0.25) is 4.90 Å². The van der Waals surface area contributed by atoms with Crippen molar-refractivity contribution in [2.24, 2.45) is 5.92 Å². The largest absolute Gasteiger partial charge is 0.478 e. The average molecular weight is 313 g/mol. The average Bonchev–Trinajstić information content (AvgIpc) is 2.48. The van der Waals surface area contributed by atoms with Crippen molar-refractivity contribution in [2.45, 2.75) is 33.1 Å². The van der Waals surface area contributed by atoms with Crippen LogP contribution in [0.1, 0.15) is 33.1 Å². The van der Waals surface area contributed by atoms with Gasteiger partial charge in [0, 0.05) is 24.7 Å². The van der Waals surface area contributed by atoms with E-state index in [4.69, 9.17) is 14.6 Å². The molecule has 22 heavy (non-hydrogen) atoms. The smallest absolute Gasteiger partial charge is 0.334 e. The second-order valence-corrected chi connectivity index (χ2v) is 5.91. The third kappa shape index (κ3) is 8.14. The Morgan fingerprint density at radius 1 is 1.27 bits per heavy atom. The first kappa shape index (κ1) is 18.6. The normalized spacial score (nSPS) is 16.8. The first-order valence-electron chi connectivity index (χ1n) is 7.89. The highest BCUT2D eigenvalue weighted by molar-refractivity contribution is 5.95. The molecule has 1 fully saturated rings. The number of aliphatic carboxylic acids is 1. The molecule has 0 atom stereocenters. The molecule has 126 valence electrons. The summed E-state index contributed by atoms with van der Waals surface area (Å²) in [5.41, 5.74) is 0.245. The van der Waals surface area contributed by atoms with E-state index in [9.17, 15) is 9.59 Å². The lowest BCUT2D eigenvalue weighted by molar-refractivity contribution is -0.141. The highest BCUT2D eigenvalue weighted by Gasteiger charge is 2.14. The van der Waals surface area contributed by atoms with Gasteiger partial charge in [0.15, 0.2) is 0 Å². The summed E-state index contributed by atoms with van der Waals surface area (Å²) < 4.78 is 10.4. The van der Waals surface area contributed by atoms with Crippen LogP contribution >= 0.6 is 0 Å². The molecule has 0 aromatic carbocycles. The second-order valence-electron chi connectivity index (χ2n) is 5.91. The number of rotatable bonds is 9. The molecule has 1 saturated heterocycles. The van der Waals surface area contributed by atoms with Gasteiger partial charge in [-0.1, -0.05) is 13.8 Å². The van der Waals surface area contributed by atoms with Gasteiger partial charge in [0.1, 0.15) is 0 Å². The van der Waals surface area contributed by atoms with Gasteiger partial charge in [0.05, 0.1) is 19.8 Å². The summed E-state index contributed by atoms with van der Waals surface area (Å²) in [5.74, 6) is -1.39. The third-order valence-corrected chi connectivity index (χ3v) is 3.38. The van der Waals surface area contributed by atoms with Crippen LogP contribution < -0.4 is 0 Å². The maximum Gasteiger partial charge on any atom is 0.334 e. The first-order valence-corrected chi connectivity index (χ1v) is 7.89. The Labute approximate surface area is 132 Å². The zero-order chi connectivity index (χ0) is 16.4. The SMILES string of the molecule is CC(C)COC(=O)/C(=C/C(=O)O)CCCCN1CCOCC1. The standard InChI is InChI=1S/C16H27NO5/c1-13(2)12-22-16(20)14(11-15(18)19)5-3-4-6-17-7-9-21-10-8-17/h11,13H,3-10,12H2,1-2H3,(H,18,19)/b14-11+. The molecular weight excluding hydrogens is 286 g/mol. The predicted octanol–water partition coefficient (Wildman–Crippen LogP) is 1.70. The van der Waals surface area contributed by atoms with Crippen molar-refractivity contribution in [3.63, 3.8) is 0 Å². The zero-order valence-electron chi connectivity index (χ0n) is 13.5. The van der Waals surface area contributed by atoms with Crippen molar-refractivity contribution in [2.75, 3.05) is 39.5 Å². The Kier molecular flexibility index (Phi) is 8.77. The molecule has 0 bridgehead atoms. The van der Waals surface area contributed by atoms with Crippen LogP contribution in [0.2, 0.25) is 0 Å². The number of hydrogen-bond acceptors (Lipinski definition) is 5. The van der Waals surface area contributed by atoms with Gasteiger partial charge in [0.25, 0.3) is 0 Å². The molecule has 6 heteroatoms. The van der Waals surface area contributed by atoms with E-state index in [1.807, 2.05) is 13.8 Å². The molecule has 0 unspecified atom stereocenters. The van der Waals surface area contributed by atoms with Crippen molar-refractivity contribution >= 4 is 11.9 Å². The van der Waals surface area contributed by atoms with Crippen molar-refractivity contribution in [1.29, 1.82) is 0 Å². The molecule has 1 N–H and O–H groups in total. The number of carboxylic acid groups (broad SMARTS) is 1. The number of unbranched alkanes of at least 4 members (excludes halogenated alkanes) is 1. The number of nitrogens with zero attached hydrogens (tertiary/aromatic N) is 1. The molecule has 1 rings (SSSR count). The molecule has 0 saturated carbocycles. The molecular formula is C16H27NO5. The summed E-state index contributed by atoms with van der Waals surface area (Å²) in [6, 6.07) is 0. The first-order chi connectivity index (χ1) is 10.5. The van der Waals surface area contributed by atoms with Gasteiger partial charge in [-0.05, 0) is 31.7 Å². The van der Waals surface area contributed by atoms with Gasteiger partial charge in [-0.15, -0.1) is 0 Å². The molecule has 1 heterocycles. The maximum absolute atomic E-state index is 11.9. The summed E-state index contributed by atoms with van der Waals surface area (Å²) in [7, 11) is 0. The Balaban J connectivity index is 2.34. The summed E-state index contributed by atoms with van der Waals surface area (Å²) in [6.45, 7) is 8.56. The van der Waals surface area contributed by atoms with Crippen molar-refractivity contribution in [1.82, 2.24) is 4.90 Å². The number of morpholine rings is 1. The molecule has 0 aromatic rings. The molecule has 0 radical (unpaired) electrons. The molecule has 0 aliphatic carbocycles. The minimum atomic E-state index is -1.11. The van der Waals surface area contributed by atoms with Crippen LogP contribution in [0.5, 0.6) is 0 Å². The van der Waals surface area contributed by atoms with Crippen LogP contribution in [0.15, 0.2) is 11.6 Å². The fourth-order valence-corrected chi connectivity index (χ4v) is 2.19. The predicted molar refractivity (Wildman–Crippen MR) is 82.6 cm³/mol. The molecule has 6 nitrogen and oxygen atoms in total. The van der Waals surface area contributed by atoms with Crippen LogP contribution in [-0.2, 0) is 19.1 Å². The lowest BCUT2D eigenvalue weighted by atomic mass is 10.1. The molecule has 1 aliphatic rings. The van der Waals surface area contributed by atoms with Gasteiger partial charge >= 0.3 is 11.9 Å². The number of esters is 1. The number of ether oxygens (including phenoxy) is 2. The fraction of sp³-hybridized carbons (Fsp3) is 0.750. The summed E-state index contributed by atoms with van der Waals surface area (Å²) in [4.78, 5) is 25.0. The molecule has 0 aromatic heterocycles. The Morgan fingerprint density at radius 2 is 1.95 bits per heavy atom. The fourth-order valence-electron chi connectivity index (χ4n) is 2.19. The van der Waals surface area contributed by atoms with E-state index in [0.29, 0.717) is 13.0 Å². The number of carboxylic acids is 1. The Bertz CT molecular complexity index is 386. The maximum atomic E-state index is 11.9. The Hall–Kier alpha value is -1.40. The quantitative estimate of drug-likeness (QED) is 0.397. The highest BCUT2D eigenvalue weighted by atomic mass is 16.5. The minimum Gasteiger partial charge on any atom is -0.478 e.